The van der Waals surface area contributed by atoms with Crippen molar-refractivity contribution in [2.45, 2.75) is 20.8 Å². The predicted molar refractivity (Wildman–Crippen MR) is 91.0 cm³/mol. The van der Waals surface area contributed by atoms with E-state index in [2.05, 4.69) is 4.98 Å². The minimum absolute atomic E-state index is 0.139. The molecule has 0 amide bonds. The van der Waals surface area contributed by atoms with Crippen molar-refractivity contribution in [2.75, 3.05) is 6.61 Å². The summed E-state index contributed by atoms with van der Waals surface area (Å²) in [4.78, 5) is 38.3. The molecule has 0 aliphatic rings. The average Bonchev–Trinajstić information content (AvgIpc) is 2.85. The summed E-state index contributed by atoms with van der Waals surface area (Å²) in [5.41, 5.74) is 2.38. The lowest BCUT2D eigenvalue weighted by molar-refractivity contribution is -0.136. The number of Topliss-reactive ketones (excluding diaryl/α,β-unsaturated/α-hetero) is 2. The number of halogens is 1. The number of H-pyrrole nitrogens is 1. The van der Waals surface area contributed by atoms with Crippen LogP contribution in [0.3, 0.4) is 0 Å². The van der Waals surface area contributed by atoms with E-state index in [1.54, 1.807) is 19.9 Å². The number of carbonyl (C=O) groups is 3. The third-order valence-corrected chi connectivity index (χ3v) is 3.67. The van der Waals surface area contributed by atoms with Crippen molar-refractivity contribution in [3.63, 3.8) is 0 Å². The molecule has 2 rings (SSSR count). The van der Waals surface area contributed by atoms with Crippen LogP contribution in [0, 0.1) is 19.7 Å². The molecule has 0 bridgehead atoms. The van der Waals surface area contributed by atoms with Gasteiger partial charge >= 0.3 is 5.97 Å². The highest BCUT2D eigenvalue weighted by atomic mass is 19.1. The number of nitrogens with one attached hydrogen (secondary N) is 1. The van der Waals surface area contributed by atoms with Crippen LogP contribution in [0.2, 0.25) is 0 Å². The Hall–Kier alpha value is -3.02. The van der Waals surface area contributed by atoms with Crippen LogP contribution in [0.4, 0.5) is 4.39 Å². The molecule has 0 atom stereocenters. The maximum absolute atomic E-state index is 13.0. The van der Waals surface area contributed by atoms with E-state index in [1.807, 2.05) is 0 Å². The third kappa shape index (κ3) is 4.50. The van der Waals surface area contributed by atoms with Gasteiger partial charge in [-0.1, -0.05) is 12.1 Å². The van der Waals surface area contributed by atoms with Crippen molar-refractivity contribution in [2.24, 2.45) is 0 Å². The summed E-state index contributed by atoms with van der Waals surface area (Å²) in [7, 11) is 0. The fourth-order valence-electron chi connectivity index (χ4n) is 2.59. The van der Waals surface area contributed by atoms with Gasteiger partial charge in [0.25, 0.3) is 0 Å². The Bertz CT molecular complexity index is 864. The highest BCUT2D eigenvalue weighted by Gasteiger charge is 2.20. The molecule has 0 spiro atoms. The first-order valence-electron chi connectivity index (χ1n) is 7.63. The zero-order chi connectivity index (χ0) is 18.6. The van der Waals surface area contributed by atoms with E-state index in [4.69, 9.17) is 4.74 Å². The number of aromatic nitrogens is 1. The third-order valence-electron chi connectivity index (χ3n) is 3.67. The van der Waals surface area contributed by atoms with Gasteiger partial charge in [-0.3, -0.25) is 9.59 Å². The van der Waals surface area contributed by atoms with Gasteiger partial charge in [0, 0.05) is 17.3 Å². The van der Waals surface area contributed by atoms with Crippen LogP contribution in [-0.4, -0.2) is 29.1 Å². The van der Waals surface area contributed by atoms with Crippen LogP contribution in [0.5, 0.6) is 0 Å². The van der Waals surface area contributed by atoms with Crippen molar-refractivity contribution in [3.05, 3.63) is 64.2 Å². The Labute approximate surface area is 144 Å². The molecule has 1 aromatic carbocycles. The topological polar surface area (TPSA) is 76.2 Å². The first-order chi connectivity index (χ1) is 11.8. The predicted octanol–water partition coefficient (Wildman–Crippen LogP) is 3.41. The monoisotopic (exact) mass is 343 g/mol. The van der Waals surface area contributed by atoms with E-state index in [-0.39, 0.29) is 11.5 Å². The van der Waals surface area contributed by atoms with Gasteiger partial charge in [-0.25, -0.2) is 9.18 Å². The van der Waals surface area contributed by atoms with Gasteiger partial charge in [-0.15, -0.1) is 0 Å². The summed E-state index contributed by atoms with van der Waals surface area (Å²) in [6, 6.07) is 5.72. The van der Waals surface area contributed by atoms with Gasteiger partial charge in [-0.2, -0.15) is 0 Å². The lowest BCUT2D eigenvalue weighted by Gasteiger charge is -2.02. The van der Waals surface area contributed by atoms with Crippen LogP contribution in [-0.2, 0) is 9.53 Å². The van der Waals surface area contributed by atoms with Gasteiger partial charge in [0.15, 0.2) is 12.4 Å². The number of carbonyl (C=O) groups excluding carboxylic acids is 3. The Balaban J connectivity index is 1.99. The molecule has 5 nitrogen and oxygen atoms in total. The van der Waals surface area contributed by atoms with Crippen LogP contribution < -0.4 is 0 Å². The van der Waals surface area contributed by atoms with Gasteiger partial charge < -0.3 is 9.72 Å². The van der Waals surface area contributed by atoms with Crippen molar-refractivity contribution in [1.82, 2.24) is 4.98 Å². The molecule has 0 saturated carbocycles. The summed E-state index contributed by atoms with van der Waals surface area (Å²) in [6.45, 7) is 4.34. The normalized spacial score (nSPS) is 10.9. The van der Waals surface area contributed by atoms with Crippen LogP contribution in [0.1, 0.15) is 44.6 Å². The minimum atomic E-state index is -0.717. The number of esters is 1. The van der Waals surface area contributed by atoms with Crippen LogP contribution in [0.15, 0.2) is 30.3 Å². The van der Waals surface area contributed by atoms with Crippen molar-refractivity contribution in [1.29, 1.82) is 0 Å². The standard InChI is InChI=1S/C19H18FNO4/c1-11-18(13(3)22)12(2)21-19(11)16(23)10-25-17(24)8-7-14-5-4-6-15(20)9-14/h4-9,21H,10H2,1-3H3/b8-7+. The number of hydrogen-bond donors (Lipinski definition) is 1. The summed E-state index contributed by atoms with van der Waals surface area (Å²) in [5, 5.41) is 0. The molecule has 6 heteroatoms. The van der Waals surface area contributed by atoms with E-state index < -0.39 is 24.2 Å². The number of aryl methyl sites for hydroxylation is 1. The lowest BCUT2D eigenvalue weighted by atomic mass is 10.1. The van der Waals surface area contributed by atoms with Crippen molar-refractivity contribution in [3.8, 4) is 0 Å². The number of aromatic amines is 1. The SMILES string of the molecule is CC(=O)c1c(C)[nH]c(C(=O)COC(=O)/C=C/c2cccc(F)c2)c1C. The summed E-state index contributed by atoms with van der Waals surface area (Å²) < 4.78 is 17.9. The highest BCUT2D eigenvalue weighted by Crippen LogP contribution is 2.19. The van der Waals surface area contributed by atoms with E-state index >= 15 is 0 Å². The van der Waals surface area contributed by atoms with Gasteiger partial charge in [0.1, 0.15) is 5.82 Å². The molecule has 130 valence electrons. The van der Waals surface area contributed by atoms with E-state index in [1.165, 1.54) is 31.2 Å². The Kier molecular flexibility index (Phi) is 5.64. The number of ether oxygens (including phenoxy) is 1. The molecule has 1 N–H and O–H groups in total. The Morgan fingerprint density at radius 1 is 1.24 bits per heavy atom. The lowest BCUT2D eigenvalue weighted by Crippen LogP contribution is -2.14. The number of hydrogen-bond acceptors (Lipinski definition) is 4. The maximum atomic E-state index is 13.0. The number of ketones is 2. The van der Waals surface area contributed by atoms with Gasteiger partial charge in [0.05, 0.1) is 5.69 Å². The van der Waals surface area contributed by atoms with Gasteiger partial charge in [-0.05, 0) is 50.1 Å². The highest BCUT2D eigenvalue weighted by molar-refractivity contribution is 6.04. The first-order valence-corrected chi connectivity index (χ1v) is 7.63. The van der Waals surface area contributed by atoms with Gasteiger partial charge in [0.2, 0.25) is 5.78 Å². The Morgan fingerprint density at radius 3 is 2.56 bits per heavy atom. The van der Waals surface area contributed by atoms with E-state index in [0.717, 1.165) is 6.08 Å². The Morgan fingerprint density at radius 2 is 1.96 bits per heavy atom. The fraction of sp³-hybridized carbons (Fsp3) is 0.211. The molecule has 0 unspecified atom stereocenters. The molecule has 2 aromatic rings. The maximum Gasteiger partial charge on any atom is 0.331 e. The molecular formula is C19H18FNO4. The summed E-state index contributed by atoms with van der Waals surface area (Å²) >= 11 is 0. The first kappa shape index (κ1) is 18.3. The second kappa shape index (κ2) is 7.70. The smallest absolute Gasteiger partial charge is 0.331 e. The molecule has 0 radical (unpaired) electrons. The second-order valence-corrected chi connectivity index (χ2v) is 5.60. The van der Waals surface area contributed by atoms with Crippen molar-refractivity contribution < 1.29 is 23.5 Å². The van der Waals surface area contributed by atoms with Crippen LogP contribution in [0.25, 0.3) is 6.08 Å². The minimum Gasteiger partial charge on any atom is -0.454 e. The number of rotatable bonds is 6. The molecular weight excluding hydrogens is 325 g/mol. The van der Waals surface area contributed by atoms with Crippen LogP contribution >= 0.6 is 0 Å². The molecule has 0 fully saturated rings. The zero-order valence-electron chi connectivity index (χ0n) is 14.2. The zero-order valence-corrected chi connectivity index (χ0v) is 14.2. The molecule has 25 heavy (non-hydrogen) atoms. The van der Waals surface area contributed by atoms with E-state index in [0.29, 0.717) is 22.4 Å². The molecule has 1 heterocycles. The summed E-state index contributed by atoms with van der Waals surface area (Å²) in [5.74, 6) is -1.70. The summed E-state index contributed by atoms with van der Waals surface area (Å²) in [6.07, 6.45) is 2.52. The largest absolute Gasteiger partial charge is 0.454 e. The molecule has 0 saturated heterocycles. The van der Waals surface area contributed by atoms with E-state index in [9.17, 15) is 18.8 Å². The second-order valence-electron chi connectivity index (χ2n) is 5.60. The number of benzene rings is 1. The molecule has 0 aliphatic carbocycles. The van der Waals surface area contributed by atoms with Crippen molar-refractivity contribution >= 4 is 23.6 Å². The quantitative estimate of drug-likeness (QED) is 0.495. The molecule has 0 aliphatic heterocycles. The molecule has 1 aromatic heterocycles. The average molecular weight is 343 g/mol. The fourth-order valence-corrected chi connectivity index (χ4v) is 2.59.